The number of aliphatic carboxylic acids is 1. The smallest absolute Gasteiger partial charge is 0.345 e. The van der Waals surface area contributed by atoms with Crippen molar-refractivity contribution in [3.63, 3.8) is 0 Å². The van der Waals surface area contributed by atoms with Gasteiger partial charge in [-0.05, 0) is 0 Å². The lowest BCUT2D eigenvalue weighted by atomic mass is 9.98. The molecule has 2 unspecified atom stereocenters. The van der Waals surface area contributed by atoms with E-state index in [0.717, 1.165) is 0 Å². The highest BCUT2D eigenvalue weighted by Crippen LogP contribution is 2.43. The number of aryl methyl sites for hydroxylation is 1. The second kappa shape index (κ2) is 4.34. The third-order valence-corrected chi connectivity index (χ3v) is 3.60. The number of hydrogen-bond donors (Lipinski definition) is 1. The molecular formula is C12H14N4O4. The van der Waals surface area contributed by atoms with Gasteiger partial charge < -0.3 is 10.0 Å². The summed E-state index contributed by atoms with van der Waals surface area (Å²) >= 11 is 0. The molecule has 0 aromatic carbocycles. The summed E-state index contributed by atoms with van der Waals surface area (Å²) in [6.07, 6.45) is 3.12. The minimum atomic E-state index is -1.08. The molecule has 1 aromatic heterocycles. The number of carbonyl (C=O) groups excluding carboxylic acids is 1. The summed E-state index contributed by atoms with van der Waals surface area (Å²) < 4.78 is 1.50. The number of carboxylic acid groups (broad SMARTS) is 1. The second-order valence-corrected chi connectivity index (χ2v) is 4.71. The lowest BCUT2D eigenvalue weighted by Gasteiger charge is -2.27. The molecule has 1 saturated heterocycles. The van der Waals surface area contributed by atoms with Crippen molar-refractivity contribution in [2.75, 3.05) is 13.2 Å². The van der Waals surface area contributed by atoms with Crippen molar-refractivity contribution in [1.82, 2.24) is 19.7 Å². The maximum Gasteiger partial charge on any atom is 0.345 e. The SMILES string of the molecule is C=CCON1C(=O)N2CC1c1cnn(C)c1C2C(=O)O. The van der Waals surface area contributed by atoms with Gasteiger partial charge in [-0.3, -0.25) is 9.52 Å². The van der Waals surface area contributed by atoms with E-state index in [2.05, 4.69) is 11.7 Å². The molecule has 0 radical (unpaired) electrons. The normalized spacial score (nSPS) is 23.9. The third kappa shape index (κ3) is 1.54. The number of carbonyl (C=O) groups is 2. The number of aromatic nitrogens is 2. The van der Waals surface area contributed by atoms with Crippen LogP contribution in [0.25, 0.3) is 0 Å². The number of nitrogens with zero attached hydrogens (tertiary/aromatic N) is 4. The molecule has 2 atom stereocenters. The van der Waals surface area contributed by atoms with Crippen molar-refractivity contribution < 1.29 is 19.5 Å². The molecule has 0 aliphatic carbocycles. The molecule has 2 amide bonds. The first-order chi connectivity index (χ1) is 9.56. The van der Waals surface area contributed by atoms with Crippen LogP contribution in [0.4, 0.5) is 4.79 Å². The predicted molar refractivity (Wildman–Crippen MR) is 66.4 cm³/mol. The molecule has 0 spiro atoms. The molecule has 1 fully saturated rings. The Bertz CT molecular complexity index is 596. The summed E-state index contributed by atoms with van der Waals surface area (Å²) in [5.74, 6) is -1.08. The van der Waals surface area contributed by atoms with Gasteiger partial charge in [0.05, 0.1) is 25.0 Å². The zero-order chi connectivity index (χ0) is 14.4. The quantitative estimate of drug-likeness (QED) is 0.808. The number of fused-ring (bicyclic) bond motifs is 4. The molecule has 8 heteroatoms. The number of hydrogen-bond acceptors (Lipinski definition) is 4. The Morgan fingerprint density at radius 2 is 2.45 bits per heavy atom. The van der Waals surface area contributed by atoms with Gasteiger partial charge in [-0.25, -0.2) is 9.59 Å². The Morgan fingerprint density at radius 1 is 1.70 bits per heavy atom. The van der Waals surface area contributed by atoms with Crippen LogP contribution in [0.2, 0.25) is 0 Å². The first-order valence-electron chi connectivity index (χ1n) is 6.14. The van der Waals surface area contributed by atoms with Crippen molar-refractivity contribution in [3.05, 3.63) is 30.1 Å². The van der Waals surface area contributed by atoms with E-state index < -0.39 is 18.0 Å². The molecule has 2 bridgehead atoms. The summed E-state index contributed by atoms with van der Waals surface area (Å²) in [6, 6.07) is -1.80. The number of amides is 2. The number of urea groups is 1. The van der Waals surface area contributed by atoms with Gasteiger partial charge in [-0.2, -0.15) is 10.2 Å². The minimum Gasteiger partial charge on any atom is -0.479 e. The Hall–Kier alpha value is -2.35. The van der Waals surface area contributed by atoms with Crippen LogP contribution < -0.4 is 0 Å². The molecule has 3 heterocycles. The highest BCUT2D eigenvalue weighted by atomic mass is 16.7. The van der Waals surface area contributed by atoms with Gasteiger partial charge in [0.25, 0.3) is 0 Å². The van der Waals surface area contributed by atoms with E-state index in [0.29, 0.717) is 11.3 Å². The van der Waals surface area contributed by atoms with E-state index in [9.17, 15) is 14.7 Å². The van der Waals surface area contributed by atoms with Crippen LogP contribution in [0.3, 0.4) is 0 Å². The summed E-state index contributed by atoms with van der Waals surface area (Å²) in [7, 11) is 1.67. The van der Waals surface area contributed by atoms with Crippen LogP contribution in [0.15, 0.2) is 18.9 Å². The van der Waals surface area contributed by atoms with Crippen LogP contribution in [-0.4, -0.2) is 50.0 Å². The monoisotopic (exact) mass is 278 g/mol. The molecule has 1 N–H and O–H groups in total. The molecule has 106 valence electrons. The van der Waals surface area contributed by atoms with Gasteiger partial charge in [-0.1, -0.05) is 6.08 Å². The van der Waals surface area contributed by atoms with Crippen LogP contribution >= 0.6 is 0 Å². The first kappa shape index (κ1) is 12.7. The van der Waals surface area contributed by atoms with Crippen LogP contribution in [0.1, 0.15) is 23.3 Å². The summed E-state index contributed by atoms with van der Waals surface area (Å²) in [4.78, 5) is 30.5. The highest BCUT2D eigenvalue weighted by Gasteiger charge is 2.52. The predicted octanol–water partition coefficient (Wildman–Crippen LogP) is 0.456. The zero-order valence-corrected chi connectivity index (χ0v) is 10.9. The first-order valence-corrected chi connectivity index (χ1v) is 6.14. The minimum absolute atomic E-state index is 0.184. The molecular weight excluding hydrogens is 264 g/mol. The van der Waals surface area contributed by atoms with Crippen LogP contribution in [0.5, 0.6) is 0 Å². The van der Waals surface area contributed by atoms with Crippen LogP contribution in [0, 0.1) is 0 Å². The number of rotatable bonds is 4. The van der Waals surface area contributed by atoms with Crippen LogP contribution in [-0.2, 0) is 16.7 Å². The van der Waals surface area contributed by atoms with E-state index >= 15 is 0 Å². The highest BCUT2D eigenvalue weighted by molar-refractivity contribution is 5.86. The van der Waals surface area contributed by atoms with Gasteiger partial charge in [0.1, 0.15) is 6.04 Å². The van der Waals surface area contributed by atoms with Crippen molar-refractivity contribution in [2.24, 2.45) is 7.05 Å². The van der Waals surface area contributed by atoms with Gasteiger partial charge in [0.2, 0.25) is 0 Å². The lowest BCUT2D eigenvalue weighted by molar-refractivity contribution is -0.142. The van der Waals surface area contributed by atoms with Gasteiger partial charge >= 0.3 is 12.0 Å². The molecule has 20 heavy (non-hydrogen) atoms. The topological polar surface area (TPSA) is 87.9 Å². The van der Waals surface area contributed by atoms with Gasteiger partial charge in [-0.15, -0.1) is 6.58 Å². The fourth-order valence-corrected chi connectivity index (χ4v) is 2.77. The Morgan fingerprint density at radius 3 is 3.10 bits per heavy atom. The molecule has 2 aliphatic rings. The lowest BCUT2D eigenvalue weighted by Crippen LogP contribution is -2.39. The van der Waals surface area contributed by atoms with E-state index in [4.69, 9.17) is 4.84 Å². The maximum absolute atomic E-state index is 12.3. The Labute approximate surface area is 114 Å². The molecule has 3 rings (SSSR count). The van der Waals surface area contributed by atoms with Crippen molar-refractivity contribution in [1.29, 1.82) is 0 Å². The Balaban J connectivity index is 2.06. The third-order valence-electron chi connectivity index (χ3n) is 3.60. The largest absolute Gasteiger partial charge is 0.479 e. The van der Waals surface area contributed by atoms with E-state index in [1.807, 2.05) is 0 Å². The molecule has 1 aromatic rings. The zero-order valence-electron chi connectivity index (χ0n) is 10.9. The summed E-state index contributed by atoms with van der Waals surface area (Å²) in [6.45, 7) is 4.00. The molecule has 8 nitrogen and oxygen atoms in total. The molecule has 0 saturated carbocycles. The fourth-order valence-electron chi connectivity index (χ4n) is 2.77. The van der Waals surface area contributed by atoms with Gasteiger partial charge in [0, 0.05) is 12.6 Å². The summed E-state index contributed by atoms with van der Waals surface area (Å²) in [5.41, 5.74) is 1.23. The number of hydroxylamine groups is 2. The second-order valence-electron chi connectivity index (χ2n) is 4.71. The van der Waals surface area contributed by atoms with E-state index in [1.54, 1.807) is 13.2 Å². The van der Waals surface area contributed by atoms with E-state index in [1.165, 1.54) is 20.7 Å². The average molecular weight is 278 g/mol. The molecule has 2 aliphatic heterocycles. The maximum atomic E-state index is 12.3. The van der Waals surface area contributed by atoms with E-state index in [-0.39, 0.29) is 19.2 Å². The van der Waals surface area contributed by atoms with Crippen molar-refractivity contribution >= 4 is 12.0 Å². The fraction of sp³-hybridized carbons (Fsp3) is 0.417. The van der Waals surface area contributed by atoms with Crippen molar-refractivity contribution in [2.45, 2.75) is 12.1 Å². The van der Waals surface area contributed by atoms with Gasteiger partial charge in [0.15, 0.2) is 6.04 Å². The average Bonchev–Trinajstić information content (AvgIpc) is 2.91. The standard InChI is InChI=1S/C12H14N4O4/c1-3-4-20-16-8-6-15(12(16)19)10(11(17)18)9-7(8)5-13-14(9)2/h3,5,8,10H,1,4,6H2,2H3,(H,17,18). The number of carboxylic acids is 1. The summed E-state index contributed by atoms with van der Waals surface area (Å²) in [5, 5.41) is 14.7. The Kier molecular flexibility index (Phi) is 2.75. The van der Waals surface area contributed by atoms with Crippen molar-refractivity contribution in [3.8, 4) is 0 Å².